The van der Waals surface area contributed by atoms with Crippen molar-refractivity contribution in [1.82, 2.24) is 15.5 Å². The molecule has 2 aliphatic carbocycles. The average molecular weight is 559 g/mol. The first-order chi connectivity index (χ1) is 18.6. The third-order valence-electron chi connectivity index (χ3n) is 8.34. The molecule has 0 bridgehead atoms. The number of nitrogens with zero attached hydrogens (tertiary/aromatic N) is 1. The Hall–Kier alpha value is -3.42. The molecule has 0 aromatic rings. The van der Waals surface area contributed by atoms with E-state index >= 15 is 0 Å². The molecule has 3 aliphatic rings. The zero-order valence-corrected chi connectivity index (χ0v) is 24.3. The Morgan fingerprint density at radius 1 is 1.07 bits per heavy atom. The number of hydrogen-bond donors (Lipinski definition) is 3. The van der Waals surface area contributed by atoms with Gasteiger partial charge in [-0.2, -0.15) is 0 Å². The molecular formula is C29H42N4O7. The second-order valence-electron chi connectivity index (χ2n) is 12.7. The summed E-state index contributed by atoms with van der Waals surface area (Å²) in [7, 11) is 0. The second kappa shape index (κ2) is 12.0. The van der Waals surface area contributed by atoms with Crippen LogP contribution in [0.2, 0.25) is 0 Å². The summed E-state index contributed by atoms with van der Waals surface area (Å²) >= 11 is 0. The zero-order chi connectivity index (χ0) is 30.0. The normalized spacial score (nSPS) is 24.2. The lowest BCUT2D eigenvalue weighted by atomic mass is 9.80. The zero-order valence-electron chi connectivity index (χ0n) is 24.3. The Bertz CT molecular complexity index is 1130. The fourth-order valence-electron chi connectivity index (χ4n) is 5.92. The largest absolute Gasteiger partial charge is 0.444 e. The van der Waals surface area contributed by atoms with Gasteiger partial charge in [-0.1, -0.05) is 39.0 Å². The number of rotatable bonds is 11. The van der Waals surface area contributed by atoms with Crippen molar-refractivity contribution in [3.8, 4) is 11.8 Å². The van der Waals surface area contributed by atoms with E-state index in [0.717, 1.165) is 19.3 Å². The number of amides is 4. The molecule has 1 heterocycles. The summed E-state index contributed by atoms with van der Waals surface area (Å²) < 4.78 is 5.33. The van der Waals surface area contributed by atoms with E-state index in [4.69, 9.17) is 10.5 Å². The number of carbonyl (C=O) groups excluding carboxylic acids is 6. The fourth-order valence-corrected chi connectivity index (χ4v) is 5.92. The number of alkyl carbamates (subject to hydrolysis) is 1. The number of piperidine rings is 1. The Morgan fingerprint density at radius 2 is 1.73 bits per heavy atom. The lowest BCUT2D eigenvalue weighted by Crippen LogP contribution is -2.58. The summed E-state index contributed by atoms with van der Waals surface area (Å²) in [4.78, 5) is 78.0. The third kappa shape index (κ3) is 7.20. The molecule has 0 radical (unpaired) electrons. The molecule has 220 valence electrons. The maximum absolute atomic E-state index is 13.9. The Kier molecular flexibility index (Phi) is 9.32. The molecular weight excluding hydrogens is 516 g/mol. The second-order valence-corrected chi connectivity index (χ2v) is 12.7. The number of nitrogens with one attached hydrogen (secondary N) is 2. The van der Waals surface area contributed by atoms with Crippen LogP contribution in [0.15, 0.2) is 0 Å². The van der Waals surface area contributed by atoms with E-state index in [-0.39, 0.29) is 48.3 Å². The van der Waals surface area contributed by atoms with Crippen molar-refractivity contribution in [2.24, 2.45) is 28.9 Å². The standard InChI is InChI=1S/C29H42N4O7/c1-7-9-17(34)12-13-19(32-27(39)40-28(2,3)4)26(38)33-15-18-21(29(18,5)6)22(33)25(37)31-20(23(35)24(30)36)14-16-10-8-11-16/h16,18-22H,8,10-15H2,1-6H3,(H2,30,36)(H,31,37)(H,32,39)/t18?,19-,20?,21-,22-/m0/s1. The topological polar surface area (TPSA) is 165 Å². The highest BCUT2D eigenvalue weighted by Crippen LogP contribution is 2.65. The Labute approximate surface area is 235 Å². The van der Waals surface area contributed by atoms with Gasteiger partial charge in [0.25, 0.3) is 5.91 Å². The van der Waals surface area contributed by atoms with Gasteiger partial charge in [-0.3, -0.25) is 24.0 Å². The van der Waals surface area contributed by atoms with Gasteiger partial charge in [0, 0.05) is 13.0 Å². The lowest BCUT2D eigenvalue weighted by molar-refractivity contribution is -0.144. The first kappa shape index (κ1) is 31.1. The molecule has 11 nitrogen and oxygen atoms in total. The Balaban J connectivity index is 1.83. The summed E-state index contributed by atoms with van der Waals surface area (Å²) in [5, 5.41) is 5.30. The maximum Gasteiger partial charge on any atom is 0.408 e. The highest BCUT2D eigenvalue weighted by atomic mass is 16.6. The van der Waals surface area contributed by atoms with E-state index < -0.39 is 53.3 Å². The van der Waals surface area contributed by atoms with Crippen LogP contribution in [0.3, 0.4) is 0 Å². The molecule has 5 atom stereocenters. The predicted molar refractivity (Wildman–Crippen MR) is 145 cm³/mol. The van der Waals surface area contributed by atoms with Gasteiger partial charge in [0.05, 0.1) is 6.04 Å². The van der Waals surface area contributed by atoms with Gasteiger partial charge in [-0.25, -0.2) is 4.79 Å². The third-order valence-corrected chi connectivity index (χ3v) is 8.34. The van der Waals surface area contributed by atoms with Gasteiger partial charge >= 0.3 is 6.09 Å². The number of carbonyl (C=O) groups is 6. The van der Waals surface area contributed by atoms with Gasteiger partial charge in [0.2, 0.25) is 23.4 Å². The van der Waals surface area contributed by atoms with E-state index in [0.29, 0.717) is 6.42 Å². The molecule has 1 aliphatic heterocycles. The van der Waals surface area contributed by atoms with E-state index in [1.165, 1.54) is 11.8 Å². The molecule has 4 amide bonds. The fraction of sp³-hybridized carbons (Fsp3) is 0.724. The van der Waals surface area contributed by atoms with Crippen LogP contribution in [-0.4, -0.2) is 70.6 Å². The summed E-state index contributed by atoms with van der Waals surface area (Å²) in [5.74, 6) is 1.63. The molecule has 2 unspecified atom stereocenters. The minimum absolute atomic E-state index is 0.0282. The van der Waals surface area contributed by atoms with Gasteiger partial charge in [0.1, 0.15) is 17.7 Å². The number of nitrogens with two attached hydrogens (primary N) is 1. The smallest absolute Gasteiger partial charge is 0.408 e. The highest BCUT2D eigenvalue weighted by Gasteiger charge is 2.69. The molecule has 1 saturated heterocycles. The molecule has 0 aromatic carbocycles. The number of fused-ring (bicyclic) bond motifs is 1. The van der Waals surface area contributed by atoms with Crippen LogP contribution in [0.1, 0.15) is 80.1 Å². The van der Waals surface area contributed by atoms with E-state index in [2.05, 4.69) is 22.5 Å². The van der Waals surface area contributed by atoms with Crippen molar-refractivity contribution in [3.63, 3.8) is 0 Å². The molecule has 3 rings (SSSR count). The Morgan fingerprint density at radius 3 is 2.25 bits per heavy atom. The van der Waals surface area contributed by atoms with Crippen molar-refractivity contribution in [1.29, 1.82) is 0 Å². The SMILES string of the molecule is CC#CC(=O)CC[C@H](NC(=O)OC(C)(C)C)C(=O)N1CC2[C@@H]([C@H]1C(=O)NC(CC1CCC1)C(=O)C(N)=O)C2(C)C. The number of Topliss-reactive ketones (excluding diaryl/α,β-unsaturated/α-hetero) is 2. The number of ether oxygens (including phenoxy) is 1. The van der Waals surface area contributed by atoms with Crippen molar-refractivity contribution in [2.75, 3.05) is 6.54 Å². The van der Waals surface area contributed by atoms with Crippen LogP contribution >= 0.6 is 0 Å². The van der Waals surface area contributed by atoms with Gasteiger partial charge in [0.15, 0.2) is 0 Å². The van der Waals surface area contributed by atoms with Crippen LogP contribution in [0, 0.1) is 35.0 Å². The van der Waals surface area contributed by atoms with Crippen molar-refractivity contribution in [3.05, 3.63) is 0 Å². The molecule has 4 N–H and O–H groups in total. The molecule has 0 aromatic heterocycles. The van der Waals surface area contributed by atoms with Gasteiger partial charge in [-0.05, 0) is 69.6 Å². The predicted octanol–water partition coefficient (Wildman–Crippen LogP) is 1.46. The van der Waals surface area contributed by atoms with Crippen LogP contribution in [0.4, 0.5) is 4.79 Å². The summed E-state index contributed by atoms with van der Waals surface area (Å²) in [6.45, 7) is 10.9. The number of likely N-dealkylation sites (tertiary alicyclic amines) is 1. The van der Waals surface area contributed by atoms with Crippen molar-refractivity contribution in [2.45, 2.75) is 104 Å². The quantitative estimate of drug-likeness (QED) is 0.196. The minimum atomic E-state index is -1.13. The molecule has 40 heavy (non-hydrogen) atoms. The first-order valence-electron chi connectivity index (χ1n) is 14.0. The molecule has 0 spiro atoms. The molecule has 3 fully saturated rings. The molecule has 11 heteroatoms. The summed E-state index contributed by atoms with van der Waals surface area (Å²) in [5.41, 5.74) is 4.25. The van der Waals surface area contributed by atoms with Crippen LogP contribution < -0.4 is 16.4 Å². The summed E-state index contributed by atoms with van der Waals surface area (Å²) in [6.07, 6.45) is 2.23. The lowest BCUT2D eigenvalue weighted by Gasteiger charge is -2.34. The van der Waals surface area contributed by atoms with Crippen LogP contribution in [-0.2, 0) is 28.7 Å². The van der Waals surface area contributed by atoms with Crippen LogP contribution in [0.25, 0.3) is 0 Å². The number of ketones is 2. The highest BCUT2D eigenvalue weighted by molar-refractivity contribution is 6.37. The van der Waals surface area contributed by atoms with Gasteiger partial charge in [-0.15, -0.1) is 0 Å². The minimum Gasteiger partial charge on any atom is -0.444 e. The maximum atomic E-state index is 13.9. The number of hydrogen-bond acceptors (Lipinski definition) is 7. The van der Waals surface area contributed by atoms with Crippen molar-refractivity contribution < 1.29 is 33.5 Å². The first-order valence-corrected chi connectivity index (χ1v) is 14.0. The monoisotopic (exact) mass is 558 g/mol. The molecule has 2 saturated carbocycles. The van der Waals surface area contributed by atoms with E-state index in [1.807, 2.05) is 13.8 Å². The van der Waals surface area contributed by atoms with E-state index in [1.54, 1.807) is 20.8 Å². The summed E-state index contributed by atoms with van der Waals surface area (Å²) in [6, 6.07) is -3.10. The van der Waals surface area contributed by atoms with Gasteiger partial charge < -0.3 is 26.0 Å². The van der Waals surface area contributed by atoms with E-state index in [9.17, 15) is 28.8 Å². The van der Waals surface area contributed by atoms with Crippen molar-refractivity contribution >= 4 is 35.4 Å². The average Bonchev–Trinajstić information content (AvgIpc) is 3.14. The number of primary amides is 1. The van der Waals surface area contributed by atoms with Crippen LogP contribution in [0.5, 0.6) is 0 Å².